The molecule has 0 radical (unpaired) electrons. The Morgan fingerprint density at radius 1 is 1.27 bits per heavy atom. The average Bonchev–Trinajstić information content (AvgIpc) is 2.63. The predicted molar refractivity (Wildman–Crippen MR) is 109 cm³/mol. The van der Waals surface area contributed by atoms with Crippen molar-refractivity contribution in [3.63, 3.8) is 0 Å². The summed E-state index contributed by atoms with van der Waals surface area (Å²) in [7, 11) is 0. The second-order valence-corrected chi connectivity index (χ2v) is 7.56. The molecule has 0 aliphatic heterocycles. The van der Waals surface area contributed by atoms with Crippen LogP contribution in [0.1, 0.15) is 51.9 Å². The quantitative estimate of drug-likeness (QED) is 0.367. The van der Waals surface area contributed by atoms with Gasteiger partial charge in [-0.25, -0.2) is 4.79 Å². The Morgan fingerprint density at radius 2 is 1.90 bits per heavy atom. The van der Waals surface area contributed by atoms with E-state index in [1.165, 1.54) is 30.9 Å². The SMILES string of the molecule is CCOc1ccc(C(=O)N(CCNC(C)=O)C(C)C(=O)OC(C)(C)C)cc1[N+](=O)[O-]. The normalized spacial score (nSPS) is 11.9. The van der Waals surface area contributed by atoms with Crippen molar-refractivity contribution in [2.75, 3.05) is 19.7 Å². The molecule has 0 saturated carbocycles. The van der Waals surface area contributed by atoms with Crippen molar-refractivity contribution in [1.82, 2.24) is 10.2 Å². The van der Waals surface area contributed by atoms with Crippen LogP contribution < -0.4 is 10.1 Å². The molecule has 0 heterocycles. The molecule has 166 valence electrons. The van der Waals surface area contributed by atoms with Crippen molar-refractivity contribution in [3.05, 3.63) is 33.9 Å². The minimum atomic E-state index is -0.976. The molecule has 1 atom stereocenters. The molecule has 1 rings (SSSR count). The molecule has 1 aromatic rings. The fourth-order valence-corrected chi connectivity index (χ4v) is 2.57. The fourth-order valence-electron chi connectivity index (χ4n) is 2.57. The number of carbonyl (C=O) groups excluding carboxylic acids is 3. The molecule has 10 heteroatoms. The molecule has 30 heavy (non-hydrogen) atoms. The highest BCUT2D eigenvalue weighted by molar-refractivity contribution is 5.97. The third kappa shape index (κ3) is 7.34. The number of benzene rings is 1. The number of hydrogen-bond donors (Lipinski definition) is 1. The number of carbonyl (C=O) groups is 3. The standard InChI is InChI=1S/C20H29N3O7/c1-7-29-17-9-8-15(12-16(17)23(27)28)18(25)22(11-10-21-14(3)24)13(2)19(26)30-20(4,5)6/h8-9,12-13H,7,10-11H2,1-6H3,(H,21,24). The van der Waals surface area contributed by atoms with Gasteiger partial charge in [-0.15, -0.1) is 0 Å². The summed E-state index contributed by atoms with van der Waals surface area (Å²) < 4.78 is 10.6. The van der Waals surface area contributed by atoms with Gasteiger partial charge in [-0.3, -0.25) is 19.7 Å². The highest BCUT2D eigenvalue weighted by Gasteiger charge is 2.31. The molecule has 0 fully saturated rings. The first-order valence-corrected chi connectivity index (χ1v) is 9.56. The molecule has 1 aromatic carbocycles. The van der Waals surface area contributed by atoms with Crippen LogP contribution in [0.5, 0.6) is 5.75 Å². The zero-order chi connectivity index (χ0) is 23.1. The molecule has 0 aliphatic carbocycles. The van der Waals surface area contributed by atoms with Crippen molar-refractivity contribution >= 4 is 23.5 Å². The van der Waals surface area contributed by atoms with Crippen LogP contribution in [-0.4, -0.2) is 58.9 Å². The predicted octanol–water partition coefficient (Wildman–Crippen LogP) is 2.30. The van der Waals surface area contributed by atoms with Gasteiger partial charge >= 0.3 is 11.7 Å². The first-order chi connectivity index (χ1) is 13.9. The van der Waals surface area contributed by atoms with Crippen LogP contribution in [-0.2, 0) is 14.3 Å². The molecule has 2 amide bonds. The van der Waals surface area contributed by atoms with Gasteiger partial charge in [0.1, 0.15) is 11.6 Å². The largest absolute Gasteiger partial charge is 0.487 e. The van der Waals surface area contributed by atoms with Gasteiger partial charge in [-0.1, -0.05) is 0 Å². The summed E-state index contributed by atoms with van der Waals surface area (Å²) in [5.41, 5.74) is -1.09. The third-order valence-corrected chi connectivity index (χ3v) is 3.91. The number of ether oxygens (including phenoxy) is 2. The van der Waals surface area contributed by atoms with E-state index in [-0.39, 0.29) is 42.6 Å². The molecule has 1 N–H and O–H groups in total. The van der Waals surface area contributed by atoms with Crippen LogP contribution >= 0.6 is 0 Å². The second-order valence-electron chi connectivity index (χ2n) is 7.56. The maximum absolute atomic E-state index is 13.1. The van der Waals surface area contributed by atoms with E-state index in [2.05, 4.69) is 5.32 Å². The summed E-state index contributed by atoms with van der Waals surface area (Å²) in [6.45, 7) is 9.99. The van der Waals surface area contributed by atoms with E-state index in [0.717, 1.165) is 6.07 Å². The Morgan fingerprint density at radius 3 is 2.40 bits per heavy atom. The molecule has 0 aliphatic rings. The lowest BCUT2D eigenvalue weighted by Crippen LogP contribution is -2.48. The maximum Gasteiger partial charge on any atom is 0.329 e. The topological polar surface area (TPSA) is 128 Å². The van der Waals surface area contributed by atoms with Gasteiger partial charge in [-0.05, 0) is 46.8 Å². The molecular weight excluding hydrogens is 394 g/mol. The molecule has 10 nitrogen and oxygen atoms in total. The van der Waals surface area contributed by atoms with Crippen LogP contribution in [0.4, 0.5) is 5.69 Å². The molecule has 0 spiro atoms. The lowest BCUT2D eigenvalue weighted by Gasteiger charge is -2.30. The fraction of sp³-hybridized carbons (Fsp3) is 0.550. The van der Waals surface area contributed by atoms with Crippen molar-refractivity contribution in [3.8, 4) is 5.75 Å². The Kier molecular flexibility index (Phi) is 8.75. The van der Waals surface area contributed by atoms with E-state index < -0.39 is 28.4 Å². The zero-order valence-electron chi connectivity index (χ0n) is 18.2. The van der Waals surface area contributed by atoms with Gasteiger partial charge in [-0.2, -0.15) is 0 Å². The summed E-state index contributed by atoms with van der Waals surface area (Å²) in [6.07, 6.45) is 0. The average molecular weight is 423 g/mol. The van der Waals surface area contributed by atoms with Crippen molar-refractivity contribution in [2.24, 2.45) is 0 Å². The van der Waals surface area contributed by atoms with Gasteiger partial charge in [0.05, 0.1) is 11.5 Å². The Hall–Kier alpha value is -3.17. The minimum Gasteiger partial charge on any atom is -0.487 e. The highest BCUT2D eigenvalue weighted by atomic mass is 16.6. The van der Waals surface area contributed by atoms with Gasteiger partial charge in [0.25, 0.3) is 5.91 Å². The number of rotatable bonds is 9. The Balaban J connectivity index is 3.23. The van der Waals surface area contributed by atoms with E-state index in [1.54, 1.807) is 27.7 Å². The van der Waals surface area contributed by atoms with Crippen molar-refractivity contribution < 1.29 is 28.8 Å². The summed E-state index contributed by atoms with van der Waals surface area (Å²) >= 11 is 0. The van der Waals surface area contributed by atoms with E-state index in [4.69, 9.17) is 9.47 Å². The molecule has 0 aromatic heterocycles. The lowest BCUT2D eigenvalue weighted by atomic mass is 10.1. The molecule has 1 unspecified atom stereocenters. The number of esters is 1. The number of hydrogen-bond acceptors (Lipinski definition) is 7. The van der Waals surface area contributed by atoms with Crippen LogP contribution in [0.3, 0.4) is 0 Å². The second kappa shape index (κ2) is 10.6. The Bertz CT molecular complexity index is 802. The third-order valence-electron chi connectivity index (χ3n) is 3.91. The monoisotopic (exact) mass is 423 g/mol. The number of nitro benzene ring substituents is 1. The van der Waals surface area contributed by atoms with E-state index in [0.29, 0.717) is 0 Å². The first-order valence-electron chi connectivity index (χ1n) is 9.56. The van der Waals surface area contributed by atoms with Crippen LogP contribution in [0, 0.1) is 10.1 Å². The minimum absolute atomic E-state index is 0.0137. The summed E-state index contributed by atoms with van der Waals surface area (Å²) in [5.74, 6) is -1.47. The van der Waals surface area contributed by atoms with E-state index in [9.17, 15) is 24.5 Å². The highest BCUT2D eigenvalue weighted by Crippen LogP contribution is 2.28. The van der Waals surface area contributed by atoms with Gasteiger partial charge in [0, 0.05) is 31.6 Å². The Labute approximate surface area is 175 Å². The lowest BCUT2D eigenvalue weighted by molar-refractivity contribution is -0.385. The summed E-state index contributed by atoms with van der Waals surface area (Å²) in [6, 6.07) is 2.88. The number of nitrogens with one attached hydrogen (secondary N) is 1. The summed E-state index contributed by atoms with van der Waals surface area (Å²) in [5, 5.41) is 13.9. The number of nitro groups is 1. The summed E-state index contributed by atoms with van der Waals surface area (Å²) in [4.78, 5) is 48.8. The number of amides is 2. The van der Waals surface area contributed by atoms with Crippen LogP contribution in [0.2, 0.25) is 0 Å². The van der Waals surface area contributed by atoms with Crippen LogP contribution in [0.25, 0.3) is 0 Å². The molecule has 0 bridgehead atoms. The van der Waals surface area contributed by atoms with Gasteiger partial charge in [0.15, 0.2) is 5.75 Å². The van der Waals surface area contributed by atoms with Crippen LogP contribution in [0.15, 0.2) is 18.2 Å². The van der Waals surface area contributed by atoms with E-state index in [1.807, 2.05) is 0 Å². The van der Waals surface area contributed by atoms with Gasteiger partial charge < -0.3 is 19.7 Å². The molecule has 0 saturated heterocycles. The van der Waals surface area contributed by atoms with Gasteiger partial charge in [0.2, 0.25) is 5.91 Å². The maximum atomic E-state index is 13.1. The first kappa shape index (κ1) is 24.9. The molecular formula is C20H29N3O7. The van der Waals surface area contributed by atoms with E-state index >= 15 is 0 Å². The zero-order valence-corrected chi connectivity index (χ0v) is 18.2. The van der Waals surface area contributed by atoms with Crippen molar-refractivity contribution in [2.45, 2.75) is 53.2 Å². The number of nitrogens with zero attached hydrogens (tertiary/aromatic N) is 2. The van der Waals surface area contributed by atoms with Crippen molar-refractivity contribution in [1.29, 1.82) is 0 Å². The smallest absolute Gasteiger partial charge is 0.329 e.